The number of rotatable bonds is 5. The van der Waals surface area contributed by atoms with Gasteiger partial charge in [0.25, 0.3) is 0 Å². The molecule has 0 aliphatic rings. The largest absolute Gasteiger partial charge is 0.467 e. The standard InChI is InChI=1S/C11H18N2O2/c1-4-5-6-10(11(14)15-3)13-8-9(2)7-12-13/h7-8,10H,4-6H2,1-3H3. The molecule has 1 rings (SSSR count). The minimum Gasteiger partial charge on any atom is -0.467 e. The molecule has 84 valence electrons. The molecule has 0 aliphatic carbocycles. The van der Waals surface area contributed by atoms with Crippen LogP contribution in [0.15, 0.2) is 12.4 Å². The van der Waals surface area contributed by atoms with Crippen LogP contribution in [-0.2, 0) is 9.53 Å². The van der Waals surface area contributed by atoms with Gasteiger partial charge in [0, 0.05) is 6.20 Å². The van der Waals surface area contributed by atoms with Crippen LogP contribution in [0, 0.1) is 6.92 Å². The Labute approximate surface area is 90.2 Å². The van der Waals surface area contributed by atoms with Crippen molar-refractivity contribution in [3.05, 3.63) is 18.0 Å². The van der Waals surface area contributed by atoms with Gasteiger partial charge in [-0.15, -0.1) is 0 Å². The van der Waals surface area contributed by atoms with Gasteiger partial charge < -0.3 is 4.74 Å². The van der Waals surface area contributed by atoms with Crippen LogP contribution in [0.3, 0.4) is 0 Å². The Kier molecular flexibility index (Phi) is 4.34. The molecule has 0 radical (unpaired) electrons. The first-order chi connectivity index (χ1) is 7.19. The molecule has 0 spiro atoms. The fourth-order valence-electron chi connectivity index (χ4n) is 1.50. The molecule has 0 fully saturated rings. The van der Waals surface area contributed by atoms with Crippen LogP contribution in [0.1, 0.15) is 37.8 Å². The van der Waals surface area contributed by atoms with Crippen LogP contribution >= 0.6 is 0 Å². The zero-order valence-electron chi connectivity index (χ0n) is 9.56. The SMILES string of the molecule is CCCCC(C(=O)OC)n1cc(C)cn1. The second kappa shape index (κ2) is 5.53. The minimum atomic E-state index is -0.274. The second-order valence-electron chi connectivity index (χ2n) is 3.68. The molecule has 1 aromatic heterocycles. The van der Waals surface area contributed by atoms with E-state index in [0.29, 0.717) is 0 Å². The predicted octanol–water partition coefficient (Wildman–Crippen LogP) is 2.10. The van der Waals surface area contributed by atoms with Crippen LogP contribution in [0.5, 0.6) is 0 Å². The summed E-state index contributed by atoms with van der Waals surface area (Å²) in [6.07, 6.45) is 6.47. The molecule has 0 amide bonds. The molecule has 0 aromatic carbocycles. The molecule has 1 unspecified atom stereocenters. The normalized spacial score (nSPS) is 12.5. The number of nitrogens with zero attached hydrogens (tertiary/aromatic N) is 2. The van der Waals surface area contributed by atoms with Gasteiger partial charge in [0.1, 0.15) is 6.04 Å². The molecule has 4 heteroatoms. The van der Waals surface area contributed by atoms with Gasteiger partial charge in [0.15, 0.2) is 0 Å². The number of aromatic nitrogens is 2. The lowest BCUT2D eigenvalue weighted by molar-refractivity contribution is -0.145. The molecule has 0 aliphatic heterocycles. The van der Waals surface area contributed by atoms with Gasteiger partial charge in [0.2, 0.25) is 0 Å². The minimum absolute atomic E-state index is 0.216. The summed E-state index contributed by atoms with van der Waals surface area (Å²) in [5.41, 5.74) is 1.06. The molecule has 0 N–H and O–H groups in total. The van der Waals surface area contributed by atoms with Crippen LogP contribution < -0.4 is 0 Å². The van der Waals surface area contributed by atoms with Crippen molar-refractivity contribution in [1.29, 1.82) is 0 Å². The number of carbonyl (C=O) groups excluding carboxylic acids is 1. The van der Waals surface area contributed by atoms with Crippen molar-refractivity contribution in [2.24, 2.45) is 0 Å². The first-order valence-electron chi connectivity index (χ1n) is 5.27. The smallest absolute Gasteiger partial charge is 0.330 e. The Morgan fingerprint density at radius 1 is 1.67 bits per heavy atom. The first-order valence-corrected chi connectivity index (χ1v) is 5.27. The first kappa shape index (κ1) is 11.8. The number of methoxy groups -OCH3 is 1. The van der Waals surface area contributed by atoms with E-state index in [2.05, 4.69) is 12.0 Å². The highest BCUT2D eigenvalue weighted by Gasteiger charge is 2.20. The number of hydrogen-bond donors (Lipinski definition) is 0. The van der Waals surface area contributed by atoms with E-state index in [1.807, 2.05) is 13.1 Å². The third-order valence-electron chi connectivity index (χ3n) is 2.35. The molecule has 1 heterocycles. The Morgan fingerprint density at radius 3 is 2.87 bits per heavy atom. The van der Waals surface area contributed by atoms with Crippen LogP contribution in [0.25, 0.3) is 0 Å². The lowest BCUT2D eigenvalue weighted by Gasteiger charge is -2.14. The molecule has 1 aromatic rings. The monoisotopic (exact) mass is 210 g/mol. The number of carbonyl (C=O) groups is 1. The number of aryl methyl sites for hydroxylation is 1. The van der Waals surface area contributed by atoms with Crippen molar-refractivity contribution in [2.45, 2.75) is 39.2 Å². The highest BCUT2D eigenvalue weighted by molar-refractivity contribution is 5.73. The maximum absolute atomic E-state index is 11.5. The Hall–Kier alpha value is -1.32. The molecule has 4 nitrogen and oxygen atoms in total. The van der Waals surface area contributed by atoms with E-state index >= 15 is 0 Å². The molecule has 0 saturated heterocycles. The third kappa shape index (κ3) is 3.08. The summed E-state index contributed by atoms with van der Waals surface area (Å²) in [5, 5.41) is 4.15. The second-order valence-corrected chi connectivity index (χ2v) is 3.68. The molecular formula is C11H18N2O2. The number of esters is 1. The average Bonchev–Trinajstić information content (AvgIpc) is 2.65. The van der Waals surface area contributed by atoms with Gasteiger partial charge in [-0.1, -0.05) is 19.8 Å². The predicted molar refractivity (Wildman–Crippen MR) is 57.5 cm³/mol. The number of ether oxygens (including phenoxy) is 1. The lowest BCUT2D eigenvalue weighted by atomic mass is 10.1. The summed E-state index contributed by atoms with van der Waals surface area (Å²) in [5.74, 6) is -0.216. The lowest BCUT2D eigenvalue weighted by Crippen LogP contribution is -2.21. The number of hydrogen-bond acceptors (Lipinski definition) is 3. The van der Waals surface area contributed by atoms with E-state index in [1.165, 1.54) is 7.11 Å². The molecule has 0 bridgehead atoms. The summed E-state index contributed by atoms with van der Waals surface area (Å²) in [7, 11) is 1.41. The summed E-state index contributed by atoms with van der Waals surface area (Å²) >= 11 is 0. The fraction of sp³-hybridized carbons (Fsp3) is 0.636. The van der Waals surface area contributed by atoms with Crippen molar-refractivity contribution in [1.82, 2.24) is 9.78 Å². The Balaban J connectivity index is 2.76. The maximum atomic E-state index is 11.5. The molecule has 0 saturated carbocycles. The van der Waals surface area contributed by atoms with Crippen molar-refractivity contribution >= 4 is 5.97 Å². The van der Waals surface area contributed by atoms with E-state index < -0.39 is 0 Å². The molecular weight excluding hydrogens is 192 g/mol. The zero-order valence-corrected chi connectivity index (χ0v) is 9.56. The van der Waals surface area contributed by atoms with Crippen molar-refractivity contribution in [3.63, 3.8) is 0 Å². The maximum Gasteiger partial charge on any atom is 0.330 e. The fourth-order valence-corrected chi connectivity index (χ4v) is 1.50. The van der Waals surface area contributed by atoms with Gasteiger partial charge in [-0.3, -0.25) is 4.68 Å². The summed E-state index contributed by atoms with van der Waals surface area (Å²) in [6.45, 7) is 4.06. The van der Waals surface area contributed by atoms with E-state index in [0.717, 1.165) is 24.8 Å². The number of unbranched alkanes of at least 4 members (excludes halogenated alkanes) is 1. The zero-order chi connectivity index (χ0) is 11.3. The van der Waals surface area contributed by atoms with Crippen molar-refractivity contribution in [2.75, 3.05) is 7.11 Å². The van der Waals surface area contributed by atoms with Gasteiger partial charge >= 0.3 is 5.97 Å². The highest BCUT2D eigenvalue weighted by Crippen LogP contribution is 2.16. The molecule has 1 atom stereocenters. The van der Waals surface area contributed by atoms with E-state index in [1.54, 1.807) is 10.9 Å². The van der Waals surface area contributed by atoms with Crippen molar-refractivity contribution in [3.8, 4) is 0 Å². The van der Waals surface area contributed by atoms with E-state index in [-0.39, 0.29) is 12.0 Å². The Bertz CT molecular complexity index is 320. The van der Waals surface area contributed by atoms with E-state index in [9.17, 15) is 4.79 Å². The van der Waals surface area contributed by atoms with E-state index in [4.69, 9.17) is 4.74 Å². The summed E-state index contributed by atoms with van der Waals surface area (Å²) in [4.78, 5) is 11.5. The third-order valence-corrected chi connectivity index (χ3v) is 2.35. The van der Waals surface area contributed by atoms with Crippen LogP contribution in [0.2, 0.25) is 0 Å². The molecule has 15 heavy (non-hydrogen) atoms. The quantitative estimate of drug-likeness (QED) is 0.699. The van der Waals surface area contributed by atoms with Crippen LogP contribution in [-0.4, -0.2) is 22.9 Å². The van der Waals surface area contributed by atoms with Gasteiger partial charge in [-0.2, -0.15) is 5.10 Å². The van der Waals surface area contributed by atoms with Crippen molar-refractivity contribution < 1.29 is 9.53 Å². The highest BCUT2D eigenvalue weighted by atomic mass is 16.5. The van der Waals surface area contributed by atoms with Gasteiger partial charge in [-0.05, 0) is 18.9 Å². The average molecular weight is 210 g/mol. The summed E-state index contributed by atoms with van der Waals surface area (Å²) in [6, 6.07) is -0.274. The van der Waals surface area contributed by atoms with Crippen LogP contribution in [0.4, 0.5) is 0 Å². The van der Waals surface area contributed by atoms with Gasteiger partial charge in [0.05, 0.1) is 13.3 Å². The summed E-state index contributed by atoms with van der Waals surface area (Å²) < 4.78 is 6.46. The topological polar surface area (TPSA) is 44.1 Å². The Morgan fingerprint density at radius 2 is 2.40 bits per heavy atom. The van der Waals surface area contributed by atoms with Gasteiger partial charge in [-0.25, -0.2) is 4.79 Å².